The number of rotatable bonds is 2. The Bertz CT molecular complexity index is 672. The quantitative estimate of drug-likeness (QED) is 0.883. The van der Waals surface area contributed by atoms with Crippen molar-refractivity contribution < 1.29 is 5.11 Å². The predicted molar refractivity (Wildman–Crippen MR) is 84.1 cm³/mol. The van der Waals surface area contributed by atoms with Crippen molar-refractivity contribution in [2.75, 3.05) is 18.0 Å². The lowest BCUT2D eigenvalue weighted by Crippen LogP contribution is -2.25. The first-order chi connectivity index (χ1) is 10.3. The number of hydrogen-bond acceptors (Lipinski definition) is 4. The molecule has 1 saturated heterocycles. The molecule has 0 spiro atoms. The van der Waals surface area contributed by atoms with Crippen LogP contribution in [-0.2, 0) is 6.54 Å². The molecule has 1 aliphatic carbocycles. The fourth-order valence-electron chi connectivity index (χ4n) is 3.99. The van der Waals surface area contributed by atoms with Crippen molar-refractivity contribution in [3.8, 4) is 0 Å². The average molecular weight is 283 g/mol. The number of aromatic nitrogens is 1. The molecule has 0 radical (unpaired) electrons. The van der Waals surface area contributed by atoms with Gasteiger partial charge in [0.2, 0.25) is 0 Å². The molecular weight excluding hydrogens is 262 g/mol. The van der Waals surface area contributed by atoms with E-state index in [1.54, 1.807) is 0 Å². The van der Waals surface area contributed by atoms with Crippen LogP contribution >= 0.6 is 0 Å². The summed E-state index contributed by atoms with van der Waals surface area (Å²) in [5.41, 5.74) is 8.07. The third-order valence-corrected chi connectivity index (χ3v) is 5.15. The van der Waals surface area contributed by atoms with Crippen LogP contribution in [0.3, 0.4) is 0 Å². The summed E-state index contributed by atoms with van der Waals surface area (Å²) in [5.74, 6) is 2.05. The van der Waals surface area contributed by atoms with Crippen LogP contribution in [0.5, 0.6) is 0 Å². The molecule has 4 rings (SSSR count). The van der Waals surface area contributed by atoms with Crippen LogP contribution in [0.2, 0.25) is 0 Å². The Morgan fingerprint density at radius 2 is 2.10 bits per heavy atom. The monoisotopic (exact) mass is 283 g/mol. The van der Waals surface area contributed by atoms with E-state index in [0.717, 1.165) is 48.2 Å². The third-order valence-electron chi connectivity index (χ3n) is 5.15. The SMILES string of the molecule is NCc1cc(N2CC3CCC(O)C3C2)nc2ccccc12. The number of pyridine rings is 1. The van der Waals surface area contributed by atoms with Crippen molar-refractivity contribution in [3.05, 3.63) is 35.9 Å². The molecule has 0 bridgehead atoms. The number of hydrogen-bond donors (Lipinski definition) is 2. The maximum absolute atomic E-state index is 10.1. The summed E-state index contributed by atoms with van der Waals surface area (Å²) in [5, 5.41) is 11.2. The highest BCUT2D eigenvalue weighted by molar-refractivity contribution is 5.84. The molecule has 2 aromatic rings. The maximum atomic E-state index is 10.1. The van der Waals surface area contributed by atoms with Gasteiger partial charge in [0.1, 0.15) is 5.82 Å². The van der Waals surface area contributed by atoms with Gasteiger partial charge in [0.15, 0.2) is 0 Å². The van der Waals surface area contributed by atoms with Crippen molar-refractivity contribution in [2.45, 2.75) is 25.5 Å². The number of aliphatic hydroxyl groups is 1. The summed E-state index contributed by atoms with van der Waals surface area (Å²) in [4.78, 5) is 7.13. The number of nitrogens with two attached hydrogens (primary N) is 1. The van der Waals surface area contributed by atoms with Gasteiger partial charge in [-0.3, -0.25) is 0 Å². The Balaban J connectivity index is 1.71. The summed E-state index contributed by atoms with van der Waals surface area (Å²) >= 11 is 0. The lowest BCUT2D eigenvalue weighted by Gasteiger charge is -2.21. The minimum Gasteiger partial charge on any atom is -0.393 e. The van der Waals surface area contributed by atoms with E-state index in [9.17, 15) is 5.11 Å². The van der Waals surface area contributed by atoms with E-state index in [2.05, 4.69) is 17.0 Å². The second-order valence-electron chi connectivity index (χ2n) is 6.33. The van der Waals surface area contributed by atoms with Gasteiger partial charge in [-0.1, -0.05) is 18.2 Å². The molecule has 3 N–H and O–H groups in total. The largest absolute Gasteiger partial charge is 0.393 e. The van der Waals surface area contributed by atoms with E-state index in [1.807, 2.05) is 18.2 Å². The molecule has 2 fully saturated rings. The summed E-state index contributed by atoms with van der Waals surface area (Å²) in [6.07, 6.45) is 1.97. The van der Waals surface area contributed by atoms with E-state index in [-0.39, 0.29) is 6.10 Å². The van der Waals surface area contributed by atoms with E-state index >= 15 is 0 Å². The fraction of sp³-hybridized carbons (Fsp3) is 0.471. The van der Waals surface area contributed by atoms with Gasteiger partial charge in [-0.2, -0.15) is 0 Å². The fourth-order valence-corrected chi connectivity index (χ4v) is 3.99. The van der Waals surface area contributed by atoms with Gasteiger partial charge in [-0.15, -0.1) is 0 Å². The average Bonchev–Trinajstić information content (AvgIpc) is 3.08. The number of para-hydroxylation sites is 1. The zero-order chi connectivity index (χ0) is 14.4. The molecule has 0 amide bonds. The van der Waals surface area contributed by atoms with Gasteiger partial charge in [0, 0.05) is 30.9 Å². The van der Waals surface area contributed by atoms with Crippen molar-refractivity contribution in [2.24, 2.45) is 17.6 Å². The normalized spacial score (nSPS) is 28.3. The second-order valence-corrected chi connectivity index (χ2v) is 6.33. The van der Waals surface area contributed by atoms with Gasteiger partial charge in [0.25, 0.3) is 0 Å². The summed E-state index contributed by atoms with van der Waals surface area (Å²) in [6.45, 7) is 2.46. The molecule has 4 heteroatoms. The van der Waals surface area contributed by atoms with Gasteiger partial charge in [0.05, 0.1) is 11.6 Å². The Hall–Kier alpha value is -1.65. The van der Waals surface area contributed by atoms with Gasteiger partial charge < -0.3 is 15.7 Å². The van der Waals surface area contributed by atoms with Gasteiger partial charge in [-0.05, 0) is 36.5 Å². The molecule has 3 atom stereocenters. The highest BCUT2D eigenvalue weighted by Gasteiger charge is 2.42. The van der Waals surface area contributed by atoms with Gasteiger partial charge >= 0.3 is 0 Å². The molecule has 2 heterocycles. The number of anilines is 1. The van der Waals surface area contributed by atoms with Crippen molar-refractivity contribution in [3.63, 3.8) is 0 Å². The standard InChI is InChI=1S/C17H21N3O/c18-8-12-7-17(19-15-4-2-1-3-13(12)15)20-9-11-5-6-16(21)14(11)10-20/h1-4,7,11,14,16,21H,5-6,8-10,18H2. The smallest absolute Gasteiger partial charge is 0.129 e. The number of benzene rings is 1. The minimum absolute atomic E-state index is 0.130. The molecular formula is C17H21N3O. The van der Waals surface area contributed by atoms with Gasteiger partial charge in [-0.25, -0.2) is 4.98 Å². The van der Waals surface area contributed by atoms with Crippen LogP contribution in [0.4, 0.5) is 5.82 Å². The third kappa shape index (κ3) is 2.10. The lowest BCUT2D eigenvalue weighted by molar-refractivity contribution is 0.133. The molecule has 4 nitrogen and oxygen atoms in total. The molecule has 2 aliphatic rings. The van der Waals surface area contributed by atoms with Crippen LogP contribution in [0.15, 0.2) is 30.3 Å². The summed E-state index contributed by atoms with van der Waals surface area (Å²) in [6, 6.07) is 10.3. The molecule has 1 aliphatic heterocycles. The van der Waals surface area contributed by atoms with Crippen LogP contribution in [-0.4, -0.2) is 29.3 Å². The number of fused-ring (bicyclic) bond motifs is 2. The topological polar surface area (TPSA) is 62.4 Å². The molecule has 21 heavy (non-hydrogen) atoms. The Morgan fingerprint density at radius 3 is 2.90 bits per heavy atom. The summed E-state index contributed by atoms with van der Waals surface area (Å²) < 4.78 is 0. The van der Waals surface area contributed by atoms with E-state index < -0.39 is 0 Å². The van der Waals surface area contributed by atoms with Crippen LogP contribution in [0, 0.1) is 11.8 Å². The Labute approximate surface area is 124 Å². The number of nitrogens with zero attached hydrogens (tertiary/aromatic N) is 2. The first-order valence-electron chi connectivity index (χ1n) is 7.78. The molecule has 1 saturated carbocycles. The Kier molecular flexibility index (Phi) is 3.08. The molecule has 3 unspecified atom stereocenters. The lowest BCUT2D eigenvalue weighted by atomic mass is 10.00. The van der Waals surface area contributed by atoms with E-state index in [4.69, 9.17) is 10.7 Å². The zero-order valence-electron chi connectivity index (χ0n) is 12.1. The highest BCUT2D eigenvalue weighted by Crippen LogP contribution is 2.39. The summed E-state index contributed by atoms with van der Waals surface area (Å²) in [7, 11) is 0. The van der Waals surface area contributed by atoms with Crippen LogP contribution < -0.4 is 10.6 Å². The van der Waals surface area contributed by atoms with Crippen LogP contribution in [0.1, 0.15) is 18.4 Å². The maximum Gasteiger partial charge on any atom is 0.129 e. The molecule has 1 aromatic carbocycles. The molecule has 1 aromatic heterocycles. The minimum atomic E-state index is -0.130. The number of aliphatic hydroxyl groups excluding tert-OH is 1. The van der Waals surface area contributed by atoms with Crippen molar-refractivity contribution in [1.29, 1.82) is 0 Å². The highest BCUT2D eigenvalue weighted by atomic mass is 16.3. The first kappa shape index (κ1) is 13.0. The van der Waals surface area contributed by atoms with E-state index in [0.29, 0.717) is 18.4 Å². The van der Waals surface area contributed by atoms with Crippen molar-refractivity contribution >= 4 is 16.7 Å². The zero-order valence-corrected chi connectivity index (χ0v) is 12.1. The van der Waals surface area contributed by atoms with Crippen LogP contribution in [0.25, 0.3) is 10.9 Å². The van der Waals surface area contributed by atoms with E-state index in [1.165, 1.54) is 0 Å². The second kappa shape index (κ2) is 4.97. The van der Waals surface area contributed by atoms with Crippen molar-refractivity contribution in [1.82, 2.24) is 4.98 Å². The predicted octanol–water partition coefficient (Wildman–Crippen LogP) is 1.90. The molecule has 110 valence electrons. The Morgan fingerprint density at radius 1 is 1.24 bits per heavy atom. The first-order valence-corrected chi connectivity index (χ1v) is 7.78.